The van der Waals surface area contributed by atoms with E-state index in [2.05, 4.69) is 27.7 Å². The van der Waals surface area contributed by atoms with Crippen molar-refractivity contribution in [2.45, 2.75) is 52.6 Å². The Morgan fingerprint density at radius 2 is 1.62 bits per heavy atom. The van der Waals surface area contributed by atoms with Gasteiger partial charge in [-0.1, -0.05) is 36.4 Å². The van der Waals surface area contributed by atoms with Crippen LogP contribution in [0.1, 0.15) is 45.0 Å². The van der Waals surface area contributed by atoms with Gasteiger partial charge in [-0.25, -0.2) is 0 Å². The van der Waals surface area contributed by atoms with Gasteiger partial charge in [0.1, 0.15) is 0 Å². The Kier molecular flexibility index (Phi) is 4.99. The number of rotatable bonds is 5. The summed E-state index contributed by atoms with van der Waals surface area (Å²) in [6, 6.07) is 12.2. The van der Waals surface area contributed by atoms with Gasteiger partial charge in [0.15, 0.2) is 0 Å². The molecule has 3 nitrogen and oxygen atoms in total. The quantitative estimate of drug-likeness (QED) is 0.817. The molecule has 0 bridgehead atoms. The molecule has 0 fully saturated rings. The Morgan fingerprint density at radius 3 is 2.19 bits per heavy atom. The molecule has 0 radical (unpaired) electrons. The third kappa shape index (κ3) is 3.10. The van der Waals surface area contributed by atoms with Crippen LogP contribution in [0.4, 0.5) is 0 Å². The molecule has 0 amide bonds. The standard InChI is InChI=1S/C18H24NO2/c1-12(2)19(13(3)4)18(21)17-15(11-20)10-9-14-7-5-6-8-16(14)17/h5-10,12-13,18,20H,11H2,1-4H3/q-1/p+1. The van der Waals surface area contributed by atoms with Crippen molar-refractivity contribution in [2.75, 3.05) is 0 Å². The summed E-state index contributed by atoms with van der Waals surface area (Å²) in [5.41, 5.74) is 1.49. The molecule has 2 N–H and O–H groups in total. The van der Waals surface area contributed by atoms with Gasteiger partial charge in [0.05, 0.1) is 18.7 Å². The molecule has 0 aromatic heterocycles. The highest BCUT2D eigenvalue weighted by atomic mass is 16.3. The maximum absolute atomic E-state index is 13.2. The van der Waals surface area contributed by atoms with Gasteiger partial charge in [-0.15, -0.1) is 0 Å². The fourth-order valence-electron chi connectivity index (χ4n) is 3.23. The van der Waals surface area contributed by atoms with Crippen LogP contribution in [0.25, 0.3) is 10.8 Å². The lowest BCUT2D eigenvalue weighted by molar-refractivity contribution is -1.04. The summed E-state index contributed by atoms with van der Waals surface area (Å²) in [7, 11) is 0. The molecule has 2 aromatic rings. The van der Waals surface area contributed by atoms with Gasteiger partial charge < -0.3 is 15.1 Å². The highest BCUT2D eigenvalue weighted by Gasteiger charge is 2.24. The summed E-state index contributed by atoms with van der Waals surface area (Å²) in [5, 5.41) is 24.8. The van der Waals surface area contributed by atoms with Gasteiger partial charge in [-0.2, -0.15) is 0 Å². The molecule has 0 saturated heterocycles. The topological polar surface area (TPSA) is 47.7 Å². The molecule has 0 aliphatic rings. The largest absolute Gasteiger partial charge is 0.802 e. The van der Waals surface area contributed by atoms with Crippen molar-refractivity contribution in [1.82, 2.24) is 0 Å². The number of quaternary nitrogens is 1. The van der Waals surface area contributed by atoms with Crippen LogP contribution in [0.2, 0.25) is 0 Å². The van der Waals surface area contributed by atoms with E-state index < -0.39 is 6.23 Å². The Bertz CT molecular complexity index is 599. The molecule has 0 aliphatic carbocycles. The van der Waals surface area contributed by atoms with Crippen LogP contribution < -0.4 is 10.0 Å². The Morgan fingerprint density at radius 1 is 1.00 bits per heavy atom. The molecular formula is C18H25NO2. The highest BCUT2D eigenvalue weighted by molar-refractivity contribution is 5.86. The number of hydrogen-bond donors (Lipinski definition) is 2. The lowest BCUT2D eigenvalue weighted by Gasteiger charge is -2.40. The zero-order chi connectivity index (χ0) is 15.6. The van der Waals surface area contributed by atoms with Crippen LogP contribution in [0.3, 0.4) is 0 Å². The van der Waals surface area contributed by atoms with E-state index in [1.807, 2.05) is 36.4 Å². The maximum atomic E-state index is 13.2. The van der Waals surface area contributed by atoms with E-state index in [-0.39, 0.29) is 18.7 Å². The molecule has 0 aliphatic heterocycles. The summed E-state index contributed by atoms with van der Waals surface area (Å²) < 4.78 is 0. The predicted octanol–water partition coefficient (Wildman–Crippen LogP) is 1.39. The van der Waals surface area contributed by atoms with Crippen LogP contribution in [0.15, 0.2) is 36.4 Å². The average molecular weight is 287 g/mol. The molecule has 1 unspecified atom stereocenters. The zero-order valence-electron chi connectivity index (χ0n) is 13.3. The first-order chi connectivity index (χ1) is 9.97. The highest BCUT2D eigenvalue weighted by Crippen LogP contribution is 2.25. The van der Waals surface area contributed by atoms with Crippen molar-refractivity contribution in [3.8, 4) is 0 Å². The second-order valence-electron chi connectivity index (χ2n) is 6.21. The molecule has 2 aromatic carbocycles. The van der Waals surface area contributed by atoms with Crippen molar-refractivity contribution >= 4 is 10.8 Å². The summed E-state index contributed by atoms with van der Waals surface area (Å²) in [6.45, 7) is 8.20. The maximum Gasteiger partial charge on any atom is 0.0814 e. The molecule has 1 atom stereocenters. The number of benzene rings is 2. The molecule has 114 valence electrons. The van der Waals surface area contributed by atoms with E-state index in [4.69, 9.17) is 0 Å². The van der Waals surface area contributed by atoms with Crippen molar-refractivity contribution < 1.29 is 15.1 Å². The first kappa shape index (κ1) is 16.0. The van der Waals surface area contributed by atoms with Crippen molar-refractivity contribution in [3.63, 3.8) is 0 Å². The molecule has 2 rings (SSSR count). The SMILES string of the molecule is CC(C)[NH+](C(C)C)C([O-])c1c(CO)ccc2ccccc12. The van der Waals surface area contributed by atoms with E-state index in [9.17, 15) is 10.2 Å². The van der Waals surface area contributed by atoms with Crippen molar-refractivity contribution in [2.24, 2.45) is 0 Å². The number of hydrogen-bond acceptors (Lipinski definition) is 2. The average Bonchev–Trinajstić information content (AvgIpc) is 2.45. The first-order valence-electron chi connectivity index (χ1n) is 7.61. The van der Waals surface area contributed by atoms with Gasteiger partial charge in [-0.05, 0) is 44.0 Å². The number of aliphatic hydroxyl groups excluding tert-OH is 1. The summed E-state index contributed by atoms with van der Waals surface area (Å²) in [5.74, 6) is 0. The van der Waals surface area contributed by atoms with Crippen LogP contribution in [-0.4, -0.2) is 17.2 Å². The Balaban J connectivity index is 2.62. The molecule has 0 spiro atoms. The Labute approximate surface area is 126 Å². The third-order valence-corrected chi connectivity index (χ3v) is 4.13. The van der Waals surface area contributed by atoms with Crippen molar-refractivity contribution in [3.05, 3.63) is 47.5 Å². The second kappa shape index (κ2) is 6.56. The van der Waals surface area contributed by atoms with E-state index in [0.717, 1.165) is 26.8 Å². The van der Waals surface area contributed by atoms with Gasteiger partial charge in [0.2, 0.25) is 0 Å². The minimum Gasteiger partial charge on any atom is -0.802 e. The van der Waals surface area contributed by atoms with Crippen LogP contribution in [-0.2, 0) is 6.61 Å². The molecule has 0 saturated carbocycles. The number of fused-ring (bicyclic) bond motifs is 1. The number of aliphatic hydroxyl groups is 1. The molecule has 0 heterocycles. The number of nitrogens with one attached hydrogen (secondary N) is 1. The minimum atomic E-state index is -0.891. The lowest BCUT2D eigenvalue weighted by atomic mass is 9.96. The van der Waals surface area contributed by atoms with Gasteiger partial charge in [0.25, 0.3) is 0 Å². The summed E-state index contributed by atoms with van der Waals surface area (Å²) >= 11 is 0. The third-order valence-electron chi connectivity index (χ3n) is 4.13. The monoisotopic (exact) mass is 287 g/mol. The van der Waals surface area contributed by atoms with Crippen LogP contribution >= 0.6 is 0 Å². The van der Waals surface area contributed by atoms with E-state index in [0.29, 0.717) is 0 Å². The Hall–Kier alpha value is -1.42. The van der Waals surface area contributed by atoms with Crippen LogP contribution in [0, 0.1) is 0 Å². The van der Waals surface area contributed by atoms with Gasteiger partial charge >= 0.3 is 0 Å². The minimum absolute atomic E-state index is 0.0949. The fraction of sp³-hybridized carbons (Fsp3) is 0.444. The van der Waals surface area contributed by atoms with Crippen molar-refractivity contribution in [1.29, 1.82) is 0 Å². The summed E-state index contributed by atoms with van der Waals surface area (Å²) in [6.07, 6.45) is -0.891. The lowest BCUT2D eigenvalue weighted by Crippen LogP contribution is -3.19. The predicted molar refractivity (Wildman–Crippen MR) is 83.8 cm³/mol. The molecular weight excluding hydrogens is 262 g/mol. The normalized spacial score (nSPS) is 13.6. The molecule has 3 heteroatoms. The second-order valence-corrected chi connectivity index (χ2v) is 6.21. The fourth-order valence-corrected chi connectivity index (χ4v) is 3.23. The zero-order valence-corrected chi connectivity index (χ0v) is 13.3. The van der Waals surface area contributed by atoms with Gasteiger partial charge in [0, 0.05) is 11.8 Å². The molecule has 21 heavy (non-hydrogen) atoms. The van der Waals surface area contributed by atoms with Crippen LogP contribution in [0.5, 0.6) is 0 Å². The van der Waals surface area contributed by atoms with E-state index in [1.54, 1.807) is 0 Å². The smallest absolute Gasteiger partial charge is 0.0814 e. The first-order valence-corrected chi connectivity index (χ1v) is 7.61. The van der Waals surface area contributed by atoms with Gasteiger partial charge in [-0.3, -0.25) is 0 Å². The van der Waals surface area contributed by atoms with E-state index >= 15 is 0 Å². The summed E-state index contributed by atoms with van der Waals surface area (Å²) in [4.78, 5) is 1.00. The van der Waals surface area contributed by atoms with E-state index in [1.165, 1.54) is 0 Å².